The van der Waals surface area contributed by atoms with Gasteiger partial charge >= 0.3 is 0 Å². The summed E-state index contributed by atoms with van der Waals surface area (Å²) in [6, 6.07) is 14.3. The van der Waals surface area contributed by atoms with Gasteiger partial charge in [0.1, 0.15) is 0 Å². The van der Waals surface area contributed by atoms with Crippen molar-refractivity contribution in [2.75, 3.05) is 5.32 Å². The number of H-pyrrole nitrogens is 1. The van der Waals surface area contributed by atoms with Crippen molar-refractivity contribution in [3.63, 3.8) is 0 Å². The lowest BCUT2D eigenvalue weighted by Crippen LogP contribution is -2.09. The quantitative estimate of drug-likeness (QED) is 0.467. The molecule has 0 aliphatic rings. The van der Waals surface area contributed by atoms with E-state index in [4.69, 9.17) is 4.98 Å². The average Bonchev–Trinajstić information content (AvgIpc) is 3.44. The first-order valence-corrected chi connectivity index (χ1v) is 9.58. The van der Waals surface area contributed by atoms with Gasteiger partial charge in [-0.05, 0) is 37.3 Å². The highest BCUT2D eigenvalue weighted by atomic mass is 15.5. The summed E-state index contributed by atoms with van der Waals surface area (Å²) in [4.78, 5) is 9.17. The third-order valence-electron chi connectivity index (χ3n) is 4.65. The predicted molar refractivity (Wildman–Crippen MR) is 114 cm³/mol. The van der Waals surface area contributed by atoms with E-state index in [-0.39, 0.29) is 0 Å². The largest absolute Gasteiger partial charge is 0.383 e. The van der Waals surface area contributed by atoms with E-state index in [1.165, 1.54) is 0 Å². The lowest BCUT2D eigenvalue weighted by molar-refractivity contribution is 0.865. The highest BCUT2D eigenvalue weighted by molar-refractivity contribution is 5.83. The van der Waals surface area contributed by atoms with Crippen molar-refractivity contribution < 1.29 is 0 Å². The second-order valence-electron chi connectivity index (χ2n) is 7.20. The normalized spacial score (nSPS) is 11.3. The van der Waals surface area contributed by atoms with E-state index >= 15 is 0 Å². The van der Waals surface area contributed by atoms with Crippen LogP contribution in [0, 0.1) is 0 Å². The zero-order valence-corrected chi connectivity index (χ0v) is 16.5. The van der Waals surface area contributed by atoms with Gasteiger partial charge in [-0.1, -0.05) is 24.3 Å². The maximum Gasteiger partial charge on any atom is 0.204 e. The second kappa shape index (κ2) is 7.36. The highest BCUT2D eigenvalue weighted by Crippen LogP contribution is 2.24. The standard InChI is InChI=1S/C21H19N9/c1-13(2)24-17-8-7-16-10-23-30(19(16)9-17)20-12-22-11-18(25-20)14-3-5-15(6-4-14)21-26-28-29-27-21/h3-13,24H,1-2H3,(H,26,27,28,29). The topological polar surface area (TPSA) is 110 Å². The van der Waals surface area contributed by atoms with Crippen LogP contribution in [0.5, 0.6) is 0 Å². The summed E-state index contributed by atoms with van der Waals surface area (Å²) >= 11 is 0. The lowest BCUT2D eigenvalue weighted by atomic mass is 10.1. The molecule has 9 heteroatoms. The van der Waals surface area contributed by atoms with E-state index in [0.717, 1.165) is 33.4 Å². The van der Waals surface area contributed by atoms with Crippen LogP contribution in [0.2, 0.25) is 0 Å². The Morgan fingerprint density at radius 2 is 1.80 bits per heavy atom. The van der Waals surface area contributed by atoms with Crippen LogP contribution in [0.3, 0.4) is 0 Å². The van der Waals surface area contributed by atoms with Crippen LogP contribution in [0.1, 0.15) is 13.8 Å². The molecule has 0 amide bonds. The Labute approximate surface area is 172 Å². The number of nitrogens with one attached hydrogen (secondary N) is 2. The third-order valence-corrected chi connectivity index (χ3v) is 4.65. The molecular weight excluding hydrogens is 378 g/mol. The smallest absolute Gasteiger partial charge is 0.204 e. The molecule has 148 valence electrons. The van der Waals surface area contributed by atoms with Gasteiger partial charge in [0.2, 0.25) is 5.82 Å². The monoisotopic (exact) mass is 397 g/mol. The second-order valence-corrected chi connectivity index (χ2v) is 7.20. The summed E-state index contributed by atoms with van der Waals surface area (Å²) in [6.07, 6.45) is 5.29. The van der Waals surface area contributed by atoms with Crippen molar-refractivity contribution in [2.24, 2.45) is 0 Å². The van der Waals surface area contributed by atoms with Crippen LogP contribution in [0.4, 0.5) is 5.69 Å². The number of tetrazole rings is 1. The van der Waals surface area contributed by atoms with Crippen LogP contribution in [0.15, 0.2) is 61.1 Å². The molecule has 2 N–H and O–H groups in total. The van der Waals surface area contributed by atoms with Crippen LogP contribution in [-0.4, -0.2) is 46.4 Å². The number of aromatic nitrogens is 8. The summed E-state index contributed by atoms with van der Waals surface area (Å²) in [5, 5.41) is 23.0. The zero-order chi connectivity index (χ0) is 20.5. The van der Waals surface area contributed by atoms with Gasteiger partial charge in [-0.3, -0.25) is 4.98 Å². The van der Waals surface area contributed by atoms with Crippen molar-refractivity contribution in [3.05, 3.63) is 61.1 Å². The van der Waals surface area contributed by atoms with Crippen molar-refractivity contribution >= 4 is 16.6 Å². The van der Waals surface area contributed by atoms with Crippen molar-refractivity contribution in [1.29, 1.82) is 0 Å². The van der Waals surface area contributed by atoms with Gasteiger partial charge < -0.3 is 5.32 Å². The van der Waals surface area contributed by atoms with Gasteiger partial charge in [0, 0.05) is 28.2 Å². The van der Waals surface area contributed by atoms with Gasteiger partial charge in [0.15, 0.2) is 5.82 Å². The molecule has 0 spiro atoms. The molecule has 30 heavy (non-hydrogen) atoms. The lowest BCUT2D eigenvalue weighted by Gasteiger charge is -2.10. The van der Waals surface area contributed by atoms with E-state index in [1.54, 1.807) is 12.4 Å². The molecule has 0 bridgehead atoms. The minimum atomic E-state index is 0.345. The molecule has 0 radical (unpaired) electrons. The fourth-order valence-corrected chi connectivity index (χ4v) is 3.30. The van der Waals surface area contributed by atoms with Gasteiger partial charge in [-0.15, -0.1) is 10.2 Å². The Hall–Kier alpha value is -4.14. The van der Waals surface area contributed by atoms with Crippen LogP contribution < -0.4 is 5.32 Å². The summed E-state index contributed by atoms with van der Waals surface area (Å²) in [6.45, 7) is 4.22. The average molecular weight is 397 g/mol. The first-order chi connectivity index (χ1) is 14.7. The van der Waals surface area contributed by atoms with E-state index in [2.05, 4.69) is 68.1 Å². The van der Waals surface area contributed by atoms with Crippen molar-refractivity contribution in [1.82, 2.24) is 40.4 Å². The predicted octanol–water partition coefficient (Wildman–Crippen LogP) is 3.48. The molecule has 5 aromatic rings. The summed E-state index contributed by atoms with van der Waals surface area (Å²) in [7, 11) is 0. The summed E-state index contributed by atoms with van der Waals surface area (Å²) in [5.74, 6) is 1.21. The summed E-state index contributed by atoms with van der Waals surface area (Å²) < 4.78 is 1.81. The molecular formula is C21H19N9. The number of aromatic amines is 1. The first-order valence-electron chi connectivity index (χ1n) is 9.58. The number of rotatable bonds is 5. The molecule has 0 saturated carbocycles. The first kappa shape index (κ1) is 17.9. The van der Waals surface area contributed by atoms with E-state index in [0.29, 0.717) is 17.7 Å². The summed E-state index contributed by atoms with van der Waals surface area (Å²) in [5.41, 5.74) is 4.59. The molecule has 2 aromatic carbocycles. The molecule has 9 nitrogen and oxygen atoms in total. The minimum Gasteiger partial charge on any atom is -0.383 e. The molecule has 0 saturated heterocycles. The Bertz CT molecular complexity index is 1290. The Kier molecular flexibility index (Phi) is 4.40. The molecule has 0 aliphatic carbocycles. The third kappa shape index (κ3) is 3.37. The molecule has 0 atom stereocenters. The number of hydrogen-bond donors (Lipinski definition) is 2. The van der Waals surface area contributed by atoms with Gasteiger partial charge in [0.25, 0.3) is 0 Å². The molecule has 3 heterocycles. The van der Waals surface area contributed by atoms with Gasteiger partial charge in [-0.25, -0.2) is 9.67 Å². The Morgan fingerprint density at radius 1 is 0.967 bits per heavy atom. The van der Waals surface area contributed by atoms with E-state index in [9.17, 15) is 0 Å². The van der Waals surface area contributed by atoms with Gasteiger partial charge in [0.05, 0.1) is 29.8 Å². The van der Waals surface area contributed by atoms with Crippen LogP contribution >= 0.6 is 0 Å². The Morgan fingerprint density at radius 3 is 2.57 bits per heavy atom. The fourth-order valence-electron chi connectivity index (χ4n) is 3.30. The SMILES string of the molecule is CC(C)Nc1ccc2cnn(-c3cncc(-c4ccc(-c5nn[nH]n5)cc4)n3)c2c1. The highest BCUT2D eigenvalue weighted by Gasteiger charge is 2.10. The number of nitrogens with zero attached hydrogens (tertiary/aromatic N) is 7. The van der Waals surface area contributed by atoms with Gasteiger partial charge in [-0.2, -0.15) is 10.3 Å². The zero-order valence-electron chi connectivity index (χ0n) is 16.5. The Balaban J connectivity index is 1.50. The molecule has 0 aliphatic heterocycles. The maximum atomic E-state index is 4.79. The van der Waals surface area contributed by atoms with Crippen molar-refractivity contribution in [3.8, 4) is 28.5 Å². The van der Waals surface area contributed by atoms with Crippen LogP contribution in [-0.2, 0) is 0 Å². The maximum absolute atomic E-state index is 4.79. The number of fused-ring (bicyclic) bond motifs is 1. The number of hydrogen-bond acceptors (Lipinski definition) is 7. The van der Waals surface area contributed by atoms with Crippen LogP contribution in [0.25, 0.3) is 39.4 Å². The molecule has 5 rings (SSSR count). The minimum absolute atomic E-state index is 0.345. The van der Waals surface area contributed by atoms with E-state index in [1.807, 2.05) is 35.1 Å². The number of benzene rings is 2. The van der Waals surface area contributed by atoms with Crippen molar-refractivity contribution in [2.45, 2.75) is 19.9 Å². The molecule has 0 unspecified atom stereocenters. The number of anilines is 1. The van der Waals surface area contributed by atoms with E-state index < -0.39 is 0 Å². The molecule has 3 aromatic heterocycles. The molecule has 0 fully saturated rings. The fraction of sp³-hybridized carbons (Fsp3) is 0.143.